The first-order valence-corrected chi connectivity index (χ1v) is 11.2. The van der Waals surface area contributed by atoms with E-state index >= 15 is 0 Å². The van der Waals surface area contributed by atoms with Gasteiger partial charge in [-0.3, -0.25) is 0 Å². The third-order valence-corrected chi connectivity index (χ3v) is 6.54. The number of hydrogen-bond donors (Lipinski definition) is 0. The Morgan fingerprint density at radius 1 is 0.882 bits per heavy atom. The van der Waals surface area contributed by atoms with E-state index in [0.29, 0.717) is 28.5 Å². The highest BCUT2D eigenvalue weighted by atomic mass is 16.7. The van der Waals surface area contributed by atoms with Crippen molar-refractivity contribution in [3.8, 4) is 11.4 Å². The van der Waals surface area contributed by atoms with Crippen LogP contribution in [0.4, 0.5) is 0 Å². The molecule has 5 rings (SSSR count). The quantitative estimate of drug-likeness (QED) is 0.295. The first-order chi connectivity index (χ1) is 16.2. The summed E-state index contributed by atoms with van der Waals surface area (Å²) in [6.07, 6.45) is 5.17. The molecule has 1 fully saturated rings. The first-order valence-electron chi connectivity index (χ1n) is 11.2. The zero-order valence-electron chi connectivity index (χ0n) is 19.8. The number of hydrogen-bond acceptors (Lipinski definition) is 6. The molecule has 4 aromatic rings. The van der Waals surface area contributed by atoms with Crippen molar-refractivity contribution in [1.82, 2.24) is 15.0 Å². The number of furan rings is 1. The van der Waals surface area contributed by atoms with Crippen LogP contribution in [0, 0.1) is 0 Å². The van der Waals surface area contributed by atoms with Gasteiger partial charge in [0, 0.05) is 16.3 Å². The minimum absolute atomic E-state index is 0.392. The lowest BCUT2D eigenvalue weighted by molar-refractivity contribution is 0.00578. The summed E-state index contributed by atoms with van der Waals surface area (Å²) in [7, 11) is -0.741. The Balaban J connectivity index is 1.73. The van der Waals surface area contributed by atoms with Gasteiger partial charge in [-0.05, 0) is 39.8 Å². The van der Waals surface area contributed by atoms with Crippen molar-refractivity contribution in [2.45, 2.75) is 38.9 Å². The van der Waals surface area contributed by atoms with Gasteiger partial charge < -0.3 is 13.7 Å². The molecule has 0 spiro atoms. The fraction of sp³-hybridized carbons (Fsp3) is 0.222. The molecule has 0 N–H and O–H groups in total. The van der Waals surface area contributed by atoms with E-state index in [0.717, 1.165) is 21.9 Å². The van der Waals surface area contributed by atoms with Crippen LogP contribution in [0.1, 0.15) is 33.5 Å². The van der Waals surface area contributed by atoms with Gasteiger partial charge in [-0.1, -0.05) is 61.7 Å². The number of rotatable bonds is 5. The Hall–Kier alpha value is -3.55. The molecular formula is C27H26BN3O3. The standard InChI is InChI=1S/C27H26BN3O3/c1-7-12-17(8-2)23-29-24(31-25(30-23)28-33-26(3,4)27(5,6)34-28)20-15-11-14-19-18-13-9-10-16-21(18)32-22(19)20/h7-16H,1-2H2,3-6H3/b17-12+. The van der Waals surface area contributed by atoms with Gasteiger partial charge >= 0.3 is 7.12 Å². The van der Waals surface area contributed by atoms with Gasteiger partial charge in [-0.25, -0.2) is 15.0 Å². The maximum atomic E-state index is 6.24. The fourth-order valence-corrected chi connectivity index (χ4v) is 3.98. The molecule has 0 radical (unpaired) electrons. The Morgan fingerprint density at radius 3 is 2.29 bits per heavy atom. The molecule has 2 aromatic carbocycles. The predicted octanol–water partition coefficient (Wildman–Crippen LogP) is 5.49. The van der Waals surface area contributed by atoms with E-state index in [-0.39, 0.29) is 0 Å². The van der Waals surface area contributed by atoms with E-state index in [1.807, 2.05) is 76.2 Å². The third kappa shape index (κ3) is 3.58. The van der Waals surface area contributed by atoms with Crippen molar-refractivity contribution >= 4 is 40.4 Å². The number of para-hydroxylation sites is 2. The molecular weight excluding hydrogens is 425 g/mol. The van der Waals surface area contributed by atoms with Crippen molar-refractivity contribution in [3.63, 3.8) is 0 Å². The summed E-state index contributed by atoms with van der Waals surface area (Å²) in [4.78, 5) is 14.3. The highest BCUT2D eigenvalue weighted by Crippen LogP contribution is 2.37. The maximum absolute atomic E-state index is 6.24. The summed E-state index contributed by atoms with van der Waals surface area (Å²) in [6.45, 7) is 15.7. The van der Waals surface area contributed by atoms with E-state index in [2.05, 4.69) is 13.2 Å². The predicted molar refractivity (Wildman–Crippen MR) is 137 cm³/mol. The van der Waals surface area contributed by atoms with Gasteiger partial charge in [-0.2, -0.15) is 0 Å². The second kappa shape index (κ2) is 8.04. The molecule has 2 aromatic heterocycles. The Labute approximate surface area is 199 Å². The molecule has 0 aliphatic carbocycles. The number of benzene rings is 2. The van der Waals surface area contributed by atoms with Crippen LogP contribution in [0.15, 0.2) is 78.3 Å². The summed E-state index contributed by atoms with van der Waals surface area (Å²) in [5.41, 5.74) is 2.34. The molecule has 6 nitrogen and oxygen atoms in total. The smallest absolute Gasteiger partial charge is 0.455 e. The van der Waals surface area contributed by atoms with Crippen LogP contribution in [-0.4, -0.2) is 33.3 Å². The molecule has 1 saturated heterocycles. The lowest BCUT2D eigenvalue weighted by Gasteiger charge is -2.32. The molecule has 1 aliphatic rings. The van der Waals surface area contributed by atoms with Crippen LogP contribution >= 0.6 is 0 Å². The second-order valence-electron chi connectivity index (χ2n) is 9.27. The van der Waals surface area contributed by atoms with Gasteiger partial charge in [0.25, 0.3) is 0 Å². The number of aromatic nitrogens is 3. The van der Waals surface area contributed by atoms with Gasteiger partial charge in [0.15, 0.2) is 17.4 Å². The SMILES string of the molecule is C=C/C=C(\C=C)c1nc(B2OC(C)(C)C(C)(C)O2)nc(-c2cccc3c2oc2ccccc23)n1. The topological polar surface area (TPSA) is 70.3 Å². The van der Waals surface area contributed by atoms with Crippen molar-refractivity contribution < 1.29 is 13.7 Å². The van der Waals surface area contributed by atoms with Crippen LogP contribution in [0.3, 0.4) is 0 Å². The third-order valence-electron chi connectivity index (χ3n) is 6.54. The lowest BCUT2D eigenvalue weighted by atomic mass is 9.89. The molecule has 170 valence electrons. The zero-order valence-corrected chi connectivity index (χ0v) is 19.8. The first kappa shape index (κ1) is 22.3. The highest BCUT2D eigenvalue weighted by molar-refractivity contribution is 6.60. The Bertz CT molecular complexity index is 1450. The van der Waals surface area contributed by atoms with Crippen molar-refractivity contribution in [1.29, 1.82) is 0 Å². The van der Waals surface area contributed by atoms with Crippen LogP contribution in [0.2, 0.25) is 0 Å². The molecule has 0 unspecified atom stereocenters. The monoisotopic (exact) mass is 451 g/mol. The van der Waals surface area contributed by atoms with E-state index in [1.54, 1.807) is 12.2 Å². The summed E-state index contributed by atoms with van der Waals surface area (Å²) in [5.74, 6) is 0.925. The number of allylic oxidation sites excluding steroid dienone is 4. The van der Waals surface area contributed by atoms with Crippen LogP contribution in [0.5, 0.6) is 0 Å². The van der Waals surface area contributed by atoms with Crippen LogP contribution in [-0.2, 0) is 9.31 Å². The van der Waals surface area contributed by atoms with Gasteiger partial charge in [0.1, 0.15) is 11.2 Å². The summed E-state index contributed by atoms with van der Waals surface area (Å²) in [6, 6.07) is 13.9. The average molecular weight is 451 g/mol. The lowest BCUT2D eigenvalue weighted by Crippen LogP contribution is -2.41. The molecule has 7 heteroatoms. The Kier molecular flexibility index (Phi) is 5.26. The normalized spacial score (nSPS) is 17.4. The minimum Gasteiger partial charge on any atom is -0.455 e. The molecule has 0 saturated carbocycles. The summed E-state index contributed by atoms with van der Waals surface area (Å²) >= 11 is 0. The van der Waals surface area contributed by atoms with Gasteiger partial charge in [-0.15, -0.1) is 0 Å². The van der Waals surface area contributed by atoms with Gasteiger partial charge in [0.2, 0.25) is 0 Å². The summed E-state index contributed by atoms with van der Waals surface area (Å²) in [5, 5.41) is 2.04. The zero-order chi connectivity index (χ0) is 24.1. The van der Waals surface area contributed by atoms with Crippen LogP contribution in [0.25, 0.3) is 38.9 Å². The molecule has 3 heterocycles. The van der Waals surface area contributed by atoms with E-state index in [9.17, 15) is 0 Å². The maximum Gasteiger partial charge on any atom is 0.534 e. The molecule has 1 aliphatic heterocycles. The van der Waals surface area contributed by atoms with E-state index < -0.39 is 18.3 Å². The fourth-order valence-electron chi connectivity index (χ4n) is 3.98. The molecule has 0 atom stereocenters. The summed E-state index contributed by atoms with van der Waals surface area (Å²) < 4.78 is 18.7. The second-order valence-corrected chi connectivity index (χ2v) is 9.27. The van der Waals surface area contributed by atoms with Crippen molar-refractivity contribution in [2.75, 3.05) is 0 Å². The number of nitrogens with zero attached hydrogens (tertiary/aromatic N) is 3. The van der Waals surface area contributed by atoms with Crippen molar-refractivity contribution in [2.24, 2.45) is 0 Å². The minimum atomic E-state index is -0.741. The van der Waals surface area contributed by atoms with E-state index in [1.165, 1.54) is 0 Å². The highest BCUT2D eigenvalue weighted by Gasteiger charge is 2.53. The number of fused-ring (bicyclic) bond motifs is 3. The largest absolute Gasteiger partial charge is 0.534 e. The Morgan fingerprint density at radius 2 is 1.59 bits per heavy atom. The van der Waals surface area contributed by atoms with E-state index in [4.69, 9.17) is 28.7 Å². The molecule has 34 heavy (non-hydrogen) atoms. The molecule has 0 bridgehead atoms. The average Bonchev–Trinajstić information content (AvgIpc) is 3.30. The van der Waals surface area contributed by atoms with Crippen LogP contribution < -0.4 is 5.72 Å². The van der Waals surface area contributed by atoms with Gasteiger partial charge in [0.05, 0.1) is 16.8 Å². The van der Waals surface area contributed by atoms with Crippen molar-refractivity contribution in [3.05, 3.63) is 79.7 Å². The molecule has 0 amide bonds.